The summed E-state index contributed by atoms with van der Waals surface area (Å²) < 4.78 is 19.8. The standard InChI is InChI=1S/C30H26FN5O4S/c1-40-23-10-9-21-17-36(27(37)25(21)26(23)31)18-30(28(38)33-29(39)34-30)12-11-19-5-7-20(8-6-19)22-3-2-4-24(32-22)35-13-15-41-16-14-35/h2-10H,13-18H2,1H3,(H2,33,34,38,39). The molecule has 2 saturated heterocycles. The Kier molecular flexibility index (Phi) is 7.01. The van der Waals surface area contributed by atoms with E-state index in [0.29, 0.717) is 11.1 Å². The lowest BCUT2D eigenvalue weighted by Gasteiger charge is -2.27. The van der Waals surface area contributed by atoms with Crippen LogP contribution in [0.3, 0.4) is 0 Å². The van der Waals surface area contributed by atoms with Crippen LogP contribution >= 0.6 is 11.8 Å². The Morgan fingerprint density at radius 2 is 1.85 bits per heavy atom. The molecule has 3 aliphatic rings. The quantitative estimate of drug-likeness (QED) is 0.359. The van der Waals surface area contributed by atoms with Crippen molar-refractivity contribution in [1.82, 2.24) is 20.5 Å². The molecule has 0 bridgehead atoms. The Bertz CT molecular complexity index is 1610. The number of urea groups is 1. The molecular formula is C30H26FN5O4S. The maximum absolute atomic E-state index is 14.8. The summed E-state index contributed by atoms with van der Waals surface area (Å²) in [5, 5.41) is 4.78. The Hall–Kier alpha value is -4.56. The Labute approximate surface area is 240 Å². The number of halogens is 1. The summed E-state index contributed by atoms with van der Waals surface area (Å²) in [4.78, 5) is 46.6. The van der Waals surface area contributed by atoms with Gasteiger partial charge >= 0.3 is 6.03 Å². The summed E-state index contributed by atoms with van der Waals surface area (Å²) in [7, 11) is 1.32. The van der Waals surface area contributed by atoms with E-state index in [9.17, 15) is 18.8 Å². The first-order chi connectivity index (χ1) is 19.9. The molecule has 0 spiro atoms. The SMILES string of the molecule is COc1ccc2c(c1F)C(=O)N(CC1(C#Cc3ccc(-c4cccc(N5CCSCC5)n4)cc3)NC(=O)NC1=O)C2. The highest BCUT2D eigenvalue weighted by Gasteiger charge is 2.48. The lowest BCUT2D eigenvalue weighted by Crippen LogP contribution is -2.54. The molecule has 4 heterocycles. The summed E-state index contributed by atoms with van der Waals surface area (Å²) >= 11 is 1.95. The first-order valence-electron chi connectivity index (χ1n) is 13.1. The van der Waals surface area contributed by atoms with Crippen molar-refractivity contribution >= 4 is 35.4 Å². The van der Waals surface area contributed by atoms with Crippen molar-refractivity contribution in [1.29, 1.82) is 0 Å². The number of rotatable bonds is 5. The van der Waals surface area contributed by atoms with Crippen LogP contribution in [-0.2, 0) is 11.3 Å². The fourth-order valence-corrected chi connectivity index (χ4v) is 6.06. The van der Waals surface area contributed by atoms with E-state index in [-0.39, 0.29) is 24.4 Å². The molecule has 41 heavy (non-hydrogen) atoms. The van der Waals surface area contributed by atoms with E-state index in [2.05, 4.69) is 27.4 Å². The average Bonchev–Trinajstić information content (AvgIpc) is 3.47. The molecule has 11 heteroatoms. The van der Waals surface area contributed by atoms with Crippen LogP contribution in [-0.4, -0.2) is 71.5 Å². The van der Waals surface area contributed by atoms with E-state index in [1.807, 2.05) is 54.2 Å². The number of nitrogens with zero attached hydrogens (tertiary/aromatic N) is 3. The Balaban J connectivity index is 1.23. The summed E-state index contributed by atoms with van der Waals surface area (Å²) in [5.41, 5.74) is 1.03. The minimum Gasteiger partial charge on any atom is -0.494 e. The van der Waals surface area contributed by atoms with E-state index in [1.54, 1.807) is 6.07 Å². The van der Waals surface area contributed by atoms with Gasteiger partial charge in [-0.3, -0.25) is 14.9 Å². The number of methoxy groups -OCH3 is 1. The highest BCUT2D eigenvalue weighted by Crippen LogP contribution is 2.32. The number of nitrogens with one attached hydrogen (secondary N) is 2. The highest BCUT2D eigenvalue weighted by molar-refractivity contribution is 7.99. The van der Waals surface area contributed by atoms with Crippen molar-refractivity contribution in [2.75, 3.05) is 43.1 Å². The first kappa shape index (κ1) is 26.7. The van der Waals surface area contributed by atoms with Gasteiger partial charge in [-0.25, -0.2) is 14.2 Å². The minimum absolute atomic E-state index is 0.0451. The summed E-state index contributed by atoms with van der Waals surface area (Å²) in [6.45, 7) is 1.76. The van der Waals surface area contributed by atoms with Crippen LogP contribution in [0.1, 0.15) is 21.5 Å². The van der Waals surface area contributed by atoms with E-state index in [0.717, 1.165) is 41.7 Å². The van der Waals surface area contributed by atoms with Gasteiger partial charge in [-0.15, -0.1) is 0 Å². The van der Waals surface area contributed by atoms with Crippen LogP contribution in [0.5, 0.6) is 5.75 Å². The third-order valence-corrected chi connectivity index (χ3v) is 8.26. The van der Waals surface area contributed by atoms with Gasteiger partial charge in [0.2, 0.25) is 5.54 Å². The predicted molar refractivity (Wildman–Crippen MR) is 153 cm³/mol. The van der Waals surface area contributed by atoms with Crippen molar-refractivity contribution in [3.8, 4) is 28.8 Å². The number of amides is 4. The lowest BCUT2D eigenvalue weighted by atomic mass is 9.98. The van der Waals surface area contributed by atoms with Gasteiger partial charge in [0.1, 0.15) is 5.82 Å². The second kappa shape index (κ2) is 10.8. The molecule has 3 aromatic rings. The number of carbonyl (C=O) groups is 3. The van der Waals surface area contributed by atoms with E-state index in [1.165, 1.54) is 18.1 Å². The van der Waals surface area contributed by atoms with E-state index < -0.39 is 29.2 Å². The largest absolute Gasteiger partial charge is 0.494 e. The zero-order valence-corrected chi connectivity index (χ0v) is 23.0. The molecule has 0 aliphatic carbocycles. The monoisotopic (exact) mass is 571 g/mol. The topological polar surface area (TPSA) is 104 Å². The van der Waals surface area contributed by atoms with E-state index >= 15 is 0 Å². The zero-order chi connectivity index (χ0) is 28.6. The number of benzene rings is 2. The molecular weight excluding hydrogens is 545 g/mol. The molecule has 9 nitrogen and oxygen atoms in total. The normalized spacial score (nSPS) is 19.8. The number of fused-ring (bicyclic) bond motifs is 1. The molecule has 1 atom stereocenters. The Morgan fingerprint density at radius 3 is 2.56 bits per heavy atom. The molecule has 3 aliphatic heterocycles. The molecule has 2 N–H and O–H groups in total. The van der Waals surface area contributed by atoms with Gasteiger partial charge in [0, 0.05) is 42.3 Å². The van der Waals surface area contributed by atoms with Gasteiger partial charge in [-0.2, -0.15) is 11.8 Å². The highest BCUT2D eigenvalue weighted by atomic mass is 32.2. The fraction of sp³-hybridized carbons (Fsp3) is 0.267. The van der Waals surface area contributed by atoms with Crippen molar-refractivity contribution in [2.45, 2.75) is 12.1 Å². The second-order valence-electron chi connectivity index (χ2n) is 9.90. The zero-order valence-electron chi connectivity index (χ0n) is 22.2. The summed E-state index contributed by atoms with van der Waals surface area (Å²) in [6.07, 6.45) is 0. The van der Waals surface area contributed by atoms with Gasteiger partial charge in [0.05, 0.1) is 24.9 Å². The van der Waals surface area contributed by atoms with Gasteiger partial charge in [0.15, 0.2) is 11.6 Å². The average molecular weight is 572 g/mol. The molecule has 1 unspecified atom stereocenters. The molecule has 2 aromatic carbocycles. The molecule has 2 fully saturated rings. The smallest absolute Gasteiger partial charge is 0.323 e. The number of hydrogen-bond donors (Lipinski definition) is 2. The number of aromatic nitrogens is 1. The van der Waals surface area contributed by atoms with Crippen LogP contribution in [0.4, 0.5) is 15.0 Å². The van der Waals surface area contributed by atoms with Crippen LogP contribution in [0.2, 0.25) is 0 Å². The van der Waals surface area contributed by atoms with Gasteiger partial charge in [-0.05, 0) is 35.9 Å². The molecule has 6 rings (SSSR count). The third kappa shape index (κ3) is 5.07. The van der Waals surface area contributed by atoms with Gasteiger partial charge in [0.25, 0.3) is 11.8 Å². The number of imide groups is 1. The van der Waals surface area contributed by atoms with Crippen molar-refractivity contribution in [3.63, 3.8) is 0 Å². The molecule has 0 radical (unpaired) electrons. The lowest BCUT2D eigenvalue weighted by molar-refractivity contribution is -0.122. The minimum atomic E-state index is -1.70. The van der Waals surface area contributed by atoms with Crippen molar-refractivity contribution < 1.29 is 23.5 Å². The van der Waals surface area contributed by atoms with Crippen molar-refractivity contribution in [2.24, 2.45) is 0 Å². The maximum atomic E-state index is 14.8. The number of anilines is 1. The molecule has 4 amide bonds. The summed E-state index contributed by atoms with van der Waals surface area (Å²) in [6, 6.07) is 15.8. The number of ether oxygens (including phenoxy) is 1. The number of thioether (sulfide) groups is 1. The van der Waals surface area contributed by atoms with Crippen LogP contribution in [0.25, 0.3) is 11.3 Å². The predicted octanol–water partition coefficient (Wildman–Crippen LogP) is 3.04. The number of hydrogen-bond acceptors (Lipinski definition) is 7. The third-order valence-electron chi connectivity index (χ3n) is 7.32. The summed E-state index contributed by atoms with van der Waals surface area (Å²) in [5.74, 6) is 6.90. The van der Waals surface area contributed by atoms with Gasteiger partial charge in [-0.1, -0.05) is 36.1 Å². The molecule has 0 saturated carbocycles. The van der Waals surface area contributed by atoms with Gasteiger partial charge < -0.3 is 19.9 Å². The number of pyridine rings is 1. The van der Waals surface area contributed by atoms with Crippen LogP contribution < -0.4 is 20.3 Å². The van der Waals surface area contributed by atoms with Crippen molar-refractivity contribution in [3.05, 3.63) is 77.1 Å². The number of carbonyl (C=O) groups excluding carboxylic acids is 3. The molecule has 1 aromatic heterocycles. The molecule has 208 valence electrons. The van der Waals surface area contributed by atoms with E-state index in [4.69, 9.17) is 9.72 Å². The van der Waals surface area contributed by atoms with Crippen LogP contribution in [0, 0.1) is 17.7 Å². The second-order valence-corrected chi connectivity index (χ2v) is 11.1. The fourth-order valence-electron chi connectivity index (χ4n) is 5.15. The van der Waals surface area contributed by atoms with Crippen LogP contribution in [0.15, 0.2) is 54.6 Å². The first-order valence-corrected chi connectivity index (χ1v) is 14.2. The Morgan fingerprint density at radius 1 is 1.07 bits per heavy atom. The maximum Gasteiger partial charge on any atom is 0.323 e.